The van der Waals surface area contributed by atoms with Gasteiger partial charge in [0.1, 0.15) is 46.7 Å². The van der Waals surface area contributed by atoms with Crippen molar-refractivity contribution in [2.45, 2.75) is 34.7 Å². The van der Waals surface area contributed by atoms with Gasteiger partial charge in [0, 0.05) is 23.6 Å². The molecule has 2 N–H and O–H groups in total. The molecule has 5 atom stereocenters. The number of aliphatic hydroxyl groups excluding tert-OH is 2. The van der Waals surface area contributed by atoms with Crippen LogP contribution in [0.2, 0.25) is 0 Å². The average molecular weight is 525 g/mol. The van der Waals surface area contributed by atoms with Gasteiger partial charge < -0.3 is 24.5 Å². The monoisotopic (exact) mass is 524 g/mol. The second-order valence-corrected chi connectivity index (χ2v) is 9.48. The van der Waals surface area contributed by atoms with Gasteiger partial charge in [-0.2, -0.15) is 0 Å². The molecule has 0 bridgehead atoms. The molecule has 3 aromatic rings. The Morgan fingerprint density at radius 2 is 2.29 bits per heavy atom. The van der Waals surface area contributed by atoms with Gasteiger partial charge in [-0.05, 0) is 22.0 Å². The number of hydrogen-bond acceptors (Lipinski definition) is 10. The number of thioether (sulfide) groups is 1. The van der Waals surface area contributed by atoms with Crippen LogP contribution in [-0.4, -0.2) is 72.6 Å². The lowest BCUT2D eigenvalue weighted by Gasteiger charge is -2.43. The summed E-state index contributed by atoms with van der Waals surface area (Å²) in [5, 5.41) is 31.6. The average Bonchev–Trinajstić information content (AvgIpc) is 3.46. The van der Waals surface area contributed by atoms with E-state index in [-0.39, 0.29) is 5.82 Å². The van der Waals surface area contributed by atoms with Crippen molar-refractivity contribution in [3.63, 3.8) is 0 Å². The zero-order valence-electron chi connectivity index (χ0n) is 16.1. The summed E-state index contributed by atoms with van der Waals surface area (Å²) >= 11 is 6.04. The highest BCUT2D eigenvalue weighted by Gasteiger charge is 2.47. The molecule has 2 unspecified atom stereocenters. The third-order valence-electron chi connectivity index (χ3n) is 4.71. The van der Waals surface area contributed by atoms with Gasteiger partial charge in [-0.3, -0.25) is 0 Å². The molecule has 1 saturated heterocycles. The van der Waals surface area contributed by atoms with Gasteiger partial charge in [-0.1, -0.05) is 11.8 Å². The Labute approximate surface area is 194 Å². The lowest BCUT2D eigenvalue weighted by atomic mass is 9.97. The Morgan fingerprint density at radius 1 is 1.45 bits per heavy atom. The smallest absolute Gasteiger partial charge is 0.283 e. The highest BCUT2D eigenvalue weighted by Crippen LogP contribution is 2.42. The third-order valence-corrected chi connectivity index (χ3v) is 7.11. The molecule has 0 spiro atoms. The van der Waals surface area contributed by atoms with Crippen LogP contribution in [0, 0.1) is 6.57 Å². The number of rotatable bonds is 6. The molecule has 10 nitrogen and oxygen atoms in total. The lowest BCUT2D eigenvalue weighted by molar-refractivity contribution is -0.186. The summed E-state index contributed by atoms with van der Waals surface area (Å²) in [5.41, 5.74) is -0.0839. The maximum Gasteiger partial charge on any atom is 0.283 e. The first-order valence-corrected chi connectivity index (χ1v) is 11.6. The predicted octanol–water partition coefficient (Wildman–Crippen LogP) is 2.54. The summed E-state index contributed by atoms with van der Waals surface area (Å²) in [6, 6.07) is 1.08. The molecule has 0 aliphatic carbocycles. The molecule has 1 aliphatic rings. The normalized spacial score (nSPS) is 26.0. The van der Waals surface area contributed by atoms with Crippen molar-refractivity contribution in [1.82, 2.24) is 25.0 Å². The number of thiazole rings is 1. The molecule has 1 aliphatic heterocycles. The summed E-state index contributed by atoms with van der Waals surface area (Å²) < 4.78 is 13.9. The van der Waals surface area contributed by atoms with Crippen LogP contribution >= 0.6 is 39.0 Å². The highest BCUT2D eigenvalue weighted by atomic mass is 79.9. The number of nitrogens with zero attached hydrogens (tertiary/aromatic N) is 6. The summed E-state index contributed by atoms with van der Waals surface area (Å²) in [5.74, 6) is 0.224. The Balaban J connectivity index is 1.68. The molecule has 13 heteroatoms. The van der Waals surface area contributed by atoms with Crippen molar-refractivity contribution in [3.8, 4) is 10.7 Å². The topological polar surface area (TPSA) is 120 Å². The summed E-state index contributed by atoms with van der Waals surface area (Å²) in [6.45, 7) is 6.98. The van der Waals surface area contributed by atoms with Crippen LogP contribution in [0.25, 0.3) is 15.5 Å². The fourth-order valence-corrected chi connectivity index (χ4v) is 5.61. The first kappa shape index (κ1) is 22.3. The summed E-state index contributed by atoms with van der Waals surface area (Å²) in [4.78, 5) is 12.4. The fourth-order valence-electron chi connectivity index (χ4n) is 3.29. The maximum atomic E-state index is 10.9. The van der Waals surface area contributed by atoms with E-state index >= 15 is 0 Å². The lowest BCUT2D eigenvalue weighted by Crippen LogP contribution is -2.55. The van der Waals surface area contributed by atoms with E-state index in [1.165, 1.54) is 34.9 Å². The quantitative estimate of drug-likeness (QED) is 0.468. The second-order valence-electron chi connectivity index (χ2n) is 6.53. The van der Waals surface area contributed by atoms with Crippen molar-refractivity contribution in [3.05, 3.63) is 45.9 Å². The third kappa shape index (κ3) is 4.51. The summed E-state index contributed by atoms with van der Waals surface area (Å²) in [7, 11) is 1.51. The van der Waals surface area contributed by atoms with Crippen LogP contribution in [0.15, 0.2) is 39.4 Å². The number of aliphatic hydroxyl groups is 2. The van der Waals surface area contributed by atoms with Crippen LogP contribution in [-0.2, 0) is 9.47 Å². The molecule has 0 saturated carbocycles. The fraction of sp³-hybridized carbons (Fsp3) is 0.389. The summed E-state index contributed by atoms with van der Waals surface area (Å²) in [6.07, 6.45) is 2.27. The highest BCUT2D eigenvalue weighted by molar-refractivity contribution is 9.10. The van der Waals surface area contributed by atoms with Crippen LogP contribution in [0.4, 0.5) is 5.82 Å². The van der Waals surface area contributed by atoms with Gasteiger partial charge in [0.2, 0.25) is 0 Å². The van der Waals surface area contributed by atoms with E-state index in [0.717, 1.165) is 0 Å². The SMILES string of the molecule is [C-]#[N+]c1ncc(Br)cc1S[C@H]1OC(CO)[C@H](O)[C@H](n2cc(-c3nccs3)nn2)C1OC. The van der Waals surface area contributed by atoms with Crippen molar-refractivity contribution in [2.75, 3.05) is 13.7 Å². The Hall–Kier alpha value is -1.92. The first-order chi connectivity index (χ1) is 15.0. The Morgan fingerprint density at radius 3 is 2.97 bits per heavy atom. The number of methoxy groups -OCH3 is 1. The van der Waals surface area contributed by atoms with E-state index in [4.69, 9.17) is 16.0 Å². The number of ether oxygens (including phenoxy) is 2. The van der Waals surface area contributed by atoms with Gasteiger partial charge in [0.15, 0.2) is 0 Å². The van der Waals surface area contributed by atoms with E-state index in [0.29, 0.717) is 20.1 Å². The zero-order valence-corrected chi connectivity index (χ0v) is 19.3. The minimum atomic E-state index is -1.10. The van der Waals surface area contributed by atoms with E-state index in [2.05, 4.69) is 41.1 Å². The van der Waals surface area contributed by atoms with Gasteiger partial charge in [-0.15, -0.1) is 33.2 Å². The minimum absolute atomic E-state index is 0.224. The molecule has 162 valence electrons. The Kier molecular flexibility index (Phi) is 6.97. The molecular formula is C18H17BrN6O4S2. The largest absolute Gasteiger partial charge is 0.394 e. The second kappa shape index (κ2) is 9.70. The molecule has 31 heavy (non-hydrogen) atoms. The van der Waals surface area contributed by atoms with E-state index in [1.807, 2.05) is 5.38 Å². The number of hydrogen-bond donors (Lipinski definition) is 2. The molecular weight excluding hydrogens is 508 g/mol. The van der Waals surface area contributed by atoms with E-state index in [1.54, 1.807) is 24.7 Å². The van der Waals surface area contributed by atoms with Gasteiger partial charge in [-0.25, -0.2) is 9.67 Å². The first-order valence-electron chi connectivity index (χ1n) is 9.04. The molecule has 0 aromatic carbocycles. The van der Waals surface area contributed by atoms with E-state index < -0.39 is 36.4 Å². The Bertz CT molecular complexity index is 1080. The van der Waals surface area contributed by atoms with Gasteiger partial charge in [0.05, 0.1) is 17.3 Å². The van der Waals surface area contributed by atoms with Crippen molar-refractivity contribution >= 4 is 44.8 Å². The molecule has 3 aromatic heterocycles. The number of halogens is 1. The van der Waals surface area contributed by atoms with Crippen molar-refractivity contribution < 1.29 is 19.7 Å². The van der Waals surface area contributed by atoms with E-state index in [9.17, 15) is 10.2 Å². The predicted molar refractivity (Wildman–Crippen MR) is 117 cm³/mol. The number of aromatic nitrogens is 5. The molecule has 0 radical (unpaired) electrons. The maximum absolute atomic E-state index is 10.9. The van der Waals surface area contributed by atoms with Crippen LogP contribution < -0.4 is 0 Å². The molecule has 4 heterocycles. The van der Waals surface area contributed by atoms with Gasteiger partial charge in [0.25, 0.3) is 5.82 Å². The van der Waals surface area contributed by atoms with Crippen LogP contribution in [0.5, 0.6) is 0 Å². The van der Waals surface area contributed by atoms with Crippen LogP contribution in [0.1, 0.15) is 6.04 Å². The zero-order chi connectivity index (χ0) is 22.0. The molecule has 0 amide bonds. The van der Waals surface area contributed by atoms with Crippen LogP contribution in [0.3, 0.4) is 0 Å². The van der Waals surface area contributed by atoms with Gasteiger partial charge >= 0.3 is 0 Å². The molecule has 4 rings (SSSR count). The number of pyridine rings is 1. The molecule has 1 fully saturated rings. The standard InChI is InChI=1S/C18H17BrN6O4S2/c1-20-16-12(5-9(19)6-22-16)31-18-15(28-2)13(14(27)11(8-26)29-18)25-7-10(23-24-25)17-21-3-4-30-17/h3-7,11,13-15,18,26-27H,8H2,2H3/t11?,13-,14-,15?,18+/m0/s1. The van der Waals surface area contributed by atoms with Crippen molar-refractivity contribution in [1.29, 1.82) is 0 Å². The minimum Gasteiger partial charge on any atom is -0.394 e. The van der Waals surface area contributed by atoms with Crippen molar-refractivity contribution in [2.24, 2.45) is 0 Å².